The Labute approximate surface area is 121 Å². The van der Waals surface area contributed by atoms with E-state index in [0.717, 1.165) is 11.6 Å². The number of anilines is 2. The van der Waals surface area contributed by atoms with E-state index in [1.165, 1.54) is 7.11 Å². The van der Waals surface area contributed by atoms with Crippen molar-refractivity contribution in [3.05, 3.63) is 41.6 Å². The molecule has 0 spiro atoms. The molecule has 0 saturated carbocycles. The smallest absolute Gasteiger partial charge is 0.212 e. The van der Waals surface area contributed by atoms with Crippen LogP contribution < -0.4 is 15.4 Å². The van der Waals surface area contributed by atoms with Gasteiger partial charge in [0.1, 0.15) is 0 Å². The number of nitrogens with zero attached hydrogens (tertiary/aromatic N) is 2. The van der Waals surface area contributed by atoms with Crippen molar-refractivity contribution in [2.75, 3.05) is 24.3 Å². The van der Waals surface area contributed by atoms with E-state index in [4.69, 9.17) is 4.74 Å². The Bertz CT molecular complexity index is 605. The molecule has 2 aromatic heterocycles. The van der Waals surface area contributed by atoms with Gasteiger partial charge < -0.3 is 15.4 Å². The molecule has 21 heavy (non-hydrogen) atoms. The minimum atomic E-state index is -0.740. The summed E-state index contributed by atoms with van der Waals surface area (Å²) in [6.07, 6.45) is 1.61. The summed E-state index contributed by atoms with van der Waals surface area (Å²) in [4.78, 5) is 7.94. The number of aromatic nitrogens is 2. The van der Waals surface area contributed by atoms with Crippen LogP contribution in [-0.2, 0) is 6.54 Å². The van der Waals surface area contributed by atoms with Crippen molar-refractivity contribution >= 4 is 11.6 Å². The molecule has 0 saturated heterocycles. The molecule has 2 heterocycles. The number of ether oxygens (including phenoxy) is 1. The van der Waals surface area contributed by atoms with Gasteiger partial charge in [0.25, 0.3) is 0 Å². The Morgan fingerprint density at radius 3 is 2.43 bits per heavy atom. The summed E-state index contributed by atoms with van der Waals surface area (Å²) in [5, 5.41) is 5.55. The van der Waals surface area contributed by atoms with Crippen LogP contribution in [0.1, 0.15) is 12.5 Å². The van der Waals surface area contributed by atoms with Crippen LogP contribution in [0.15, 0.2) is 24.4 Å². The molecule has 7 heteroatoms. The summed E-state index contributed by atoms with van der Waals surface area (Å²) in [5.41, 5.74) is 0.825. The Morgan fingerprint density at radius 1 is 1.14 bits per heavy atom. The van der Waals surface area contributed by atoms with Gasteiger partial charge >= 0.3 is 0 Å². The molecule has 0 aliphatic carbocycles. The lowest BCUT2D eigenvalue weighted by molar-refractivity contribution is 0.397. The Kier molecular flexibility index (Phi) is 4.86. The maximum Gasteiger partial charge on any atom is 0.212 e. The molecular weight excluding hydrogens is 278 g/mol. The Hall–Kier alpha value is -2.44. The number of pyridine rings is 2. The zero-order chi connectivity index (χ0) is 15.2. The Morgan fingerprint density at radius 2 is 1.86 bits per heavy atom. The third kappa shape index (κ3) is 3.77. The van der Waals surface area contributed by atoms with Crippen molar-refractivity contribution in [3.63, 3.8) is 0 Å². The number of halogens is 2. The molecule has 0 aromatic carbocycles. The van der Waals surface area contributed by atoms with Crippen molar-refractivity contribution in [1.82, 2.24) is 9.97 Å². The van der Waals surface area contributed by atoms with Crippen LogP contribution in [0.5, 0.6) is 5.88 Å². The fraction of sp³-hybridized carbons (Fsp3) is 0.286. The summed E-state index contributed by atoms with van der Waals surface area (Å²) < 4.78 is 32.1. The van der Waals surface area contributed by atoms with E-state index >= 15 is 0 Å². The monoisotopic (exact) mass is 294 g/mol. The number of nitrogens with one attached hydrogen (secondary N) is 2. The van der Waals surface area contributed by atoms with Gasteiger partial charge in [0.2, 0.25) is 5.88 Å². The largest absolute Gasteiger partial charge is 0.481 e. The maximum atomic E-state index is 13.7. The summed E-state index contributed by atoms with van der Waals surface area (Å²) in [6, 6.07) is 4.31. The summed E-state index contributed by atoms with van der Waals surface area (Å²) in [5.74, 6) is -0.946. The van der Waals surface area contributed by atoms with Gasteiger partial charge in [-0.15, -0.1) is 0 Å². The van der Waals surface area contributed by atoms with Crippen molar-refractivity contribution in [2.24, 2.45) is 0 Å². The van der Waals surface area contributed by atoms with Gasteiger partial charge in [0.05, 0.1) is 7.11 Å². The standard InChI is InChI=1S/C14H16F2N4O/c1-3-17-13-10(15)6-11(16)14(20-13)19-8-9-4-5-12(21-2)18-7-9/h4-7H,3,8H2,1-2H3,(H2,17,19,20). The first-order valence-corrected chi connectivity index (χ1v) is 6.46. The van der Waals surface area contributed by atoms with E-state index in [2.05, 4.69) is 20.6 Å². The van der Waals surface area contributed by atoms with E-state index in [1.807, 2.05) is 0 Å². The van der Waals surface area contributed by atoms with Gasteiger partial charge in [0, 0.05) is 31.4 Å². The molecule has 2 aromatic rings. The highest BCUT2D eigenvalue weighted by Gasteiger charge is 2.11. The molecule has 0 aliphatic rings. The van der Waals surface area contributed by atoms with Crippen molar-refractivity contribution in [1.29, 1.82) is 0 Å². The van der Waals surface area contributed by atoms with Gasteiger partial charge in [-0.25, -0.2) is 18.7 Å². The highest BCUT2D eigenvalue weighted by Crippen LogP contribution is 2.19. The summed E-state index contributed by atoms with van der Waals surface area (Å²) in [7, 11) is 1.53. The maximum absolute atomic E-state index is 13.7. The molecule has 0 amide bonds. The van der Waals surface area contributed by atoms with Crippen molar-refractivity contribution in [3.8, 4) is 5.88 Å². The fourth-order valence-corrected chi connectivity index (χ4v) is 1.70. The third-order valence-electron chi connectivity index (χ3n) is 2.74. The van der Waals surface area contributed by atoms with E-state index in [0.29, 0.717) is 19.0 Å². The number of rotatable bonds is 6. The Balaban J connectivity index is 2.09. The van der Waals surface area contributed by atoms with E-state index in [9.17, 15) is 8.78 Å². The molecule has 112 valence electrons. The first-order chi connectivity index (χ1) is 10.1. The molecule has 0 atom stereocenters. The van der Waals surface area contributed by atoms with Crippen molar-refractivity contribution in [2.45, 2.75) is 13.5 Å². The molecular formula is C14H16F2N4O. The van der Waals surface area contributed by atoms with Crippen LogP contribution in [0.2, 0.25) is 0 Å². The minimum Gasteiger partial charge on any atom is -0.481 e. The predicted octanol–water partition coefficient (Wildman–Crippen LogP) is 2.81. The SMILES string of the molecule is CCNc1nc(NCc2ccc(OC)nc2)c(F)cc1F. The summed E-state index contributed by atoms with van der Waals surface area (Å²) in [6.45, 7) is 2.62. The second-order valence-corrected chi connectivity index (χ2v) is 4.24. The van der Waals surface area contributed by atoms with Crippen LogP contribution in [0, 0.1) is 11.6 Å². The van der Waals surface area contributed by atoms with Gasteiger partial charge in [0.15, 0.2) is 23.3 Å². The van der Waals surface area contributed by atoms with Crippen molar-refractivity contribution < 1.29 is 13.5 Å². The first-order valence-electron chi connectivity index (χ1n) is 6.46. The quantitative estimate of drug-likeness (QED) is 0.858. The molecule has 0 fully saturated rings. The lowest BCUT2D eigenvalue weighted by atomic mass is 10.3. The van der Waals surface area contributed by atoms with Gasteiger partial charge in [-0.1, -0.05) is 6.07 Å². The summed E-state index contributed by atoms with van der Waals surface area (Å²) >= 11 is 0. The topological polar surface area (TPSA) is 59.1 Å². The van der Waals surface area contributed by atoms with Crippen LogP contribution in [-0.4, -0.2) is 23.6 Å². The average Bonchev–Trinajstić information content (AvgIpc) is 2.49. The highest BCUT2D eigenvalue weighted by atomic mass is 19.1. The molecule has 0 bridgehead atoms. The molecule has 0 aliphatic heterocycles. The molecule has 0 radical (unpaired) electrons. The lowest BCUT2D eigenvalue weighted by Gasteiger charge is -2.10. The number of hydrogen-bond acceptors (Lipinski definition) is 5. The second-order valence-electron chi connectivity index (χ2n) is 4.24. The normalized spacial score (nSPS) is 10.3. The molecule has 0 unspecified atom stereocenters. The highest BCUT2D eigenvalue weighted by molar-refractivity contribution is 5.47. The van der Waals surface area contributed by atoms with Gasteiger partial charge in [-0.3, -0.25) is 0 Å². The van der Waals surface area contributed by atoms with Gasteiger partial charge in [-0.2, -0.15) is 0 Å². The van der Waals surface area contributed by atoms with E-state index in [1.54, 1.807) is 25.3 Å². The molecule has 2 N–H and O–H groups in total. The predicted molar refractivity (Wildman–Crippen MR) is 76.4 cm³/mol. The number of methoxy groups -OCH3 is 1. The van der Waals surface area contributed by atoms with E-state index in [-0.39, 0.29) is 11.6 Å². The first kappa shape index (κ1) is 15.0. The molecule has 2 rings (SSSR count). The van der Waals surface area contributed by atoms with Crippen LogP contribution in [0.25, 0.3) is 0 Å². The minimum absolute atomic E-state index is 0.0110. The zero-order valence-corrected chi connectivity index (χ0v) is 11.8. The third-order valence-corrected chi connectivity index (χ3v) is 2.74. The van der Waals surface area contributed by atoms with Crippen LogP contribution in [0.4, 0.5) is 20.4 Å². The fourth-order valence-electron chi connectivity index (χ4n) is 1.70. The van der Waals surface area contributed by atoms with Gasteiger partial charge in [-0.05, 0) is 12.5 Å². The second kappa shape index (κ2) is 6.83. The van der Waals surface area contributed by atoms with E-state index < -0.39 is 11.6 Å². The molecule has 5 nitrogen and oxygen atoms in total. The zero-order valence-electron chi connectivity index (χ0n) is 11.8. The average molecular weight is 294 g/mol. The lowest BCUT2D eigenvalue weighted by Crippen LogP contribution is -2.09. The van der Waals surface area contributed by atoms with Crippen LogP contribution >= 0.6 is 0 Å². The number of hydrogen-bond donors (Lipinski definition) is 2. The van der Waals surface area contributed by atoms with Crippen LogP contribution in [0.3, 0.4) is 0 Å².